The number of nitrogens with one attached hydrogen (secondary N) is 2. The van der Waals surface area contributed by atoms with Gasteiger partial charge in [0, 0.05) is 17.8 Å². The highest BCUT2D eigenvalue weighted by Crippen LogP contribution is 2.26. The molecule has 2 aromatic carbocycles. The fourth-order valence-corrected chi connectivity index (χ4v) is 5.81. The summed E-state index contributed by atoms with van der Waals surface area (Å²) in [6.07, 6.45) is 5.24. The van der Waals surface area contributed by atoms with Crippen molar-refractivity contribution in [3.05, 3.63) is 82.9 Å². The third-order valence-corrected chi connectivity index (χ3v) is 7.70. The second-order valence-electron chi connectivity index (χ2n) is 10.6. The van der Waals surface area contributed by atoms with Crippen molar-refractivity contribution in [1.82, 2.24) is 15.2 Å². The minimum atomic E-state index is -0.272. The van der Waals surface area contributed by atoms with Crippen LogP contribution in [-0.2, 0) is 20.8 Å². The third kappa shape index (κ3) is 8.48. The first kappa shape index (κ1) is 28.5. The first-order chi connectivity index (χ1) is 18.9. The van der Waals surface area contributed by atoms with Crippen LogP contribution in [0.25, 0.3) is 0 Å². The zero-order chi connectivity index (χ0) is 27.6. The number of aromatic nitrogens is 1. The second kappa shape index (κ2) is 14.0. The molecule has 0 bridgehead atoms. The van der Waals surface area contributed by atoms with Gasteiger partial charge in [-0.1, -0.05) is 93.8 Å². The summed E-state index contributed by atoms with van der Waals surface area (Å²) in [5.41, 5.74) is 2.58. The van der Waals surface area contributed by atoms with E-state index < -0.39 is 0 Å². The Morgan fingerprint density at radius 1 is 0.923 bits per heavy atom. The van der Waals surface area contributed by atoms with Crippen molar-refractivity contribution in [2.75, 3.05) is 18.4 Å². The second-order valence-corrected chi connectivity index (χ2v) is 11.5. The van der Waals surface area contributed by atoms with Crippen LogP contribution in [0.4, 0.5) is 5.13 Å². The standard InChI is InChI=1S/C31H38N4O3S/c1-22(2)19-35(30(38)25-16-10-5-11-17-25)20-28(37)34-31-32-26(21-39-31)18-27(36)33-29(23-12-6-3-7-13-23)24-14-8-4-9-15-24/h3-4,6-9,12-15,21-22,25,29H,5,10-11,16-20H2,1-2H3,(H,33,36)(H,32,34,37). The molecule has 1 aromatic heterocycles. The molecule has 0 unspecified atom stereocenters. The van der Waals surface area contributed by atoms with Crippen LogP contribution in [0.5, 0.6) is 0 Å². The summed E-state index contributed by atoms with van der Waals surface area (Å²) < 4.78 is 0. The van der Waals surface area contributed by atoms with E-state index >= 15 is 0 Å². The Labute approximate surface area is 235 Å². The Hall–Kier alpha value is -3.52. The molecule has 1 fully saturated rings. The molecule has 8 heteroatoms. The molecule has 0 atom stereocenters. The molecule has 39 heavy (non-hydrogen) atoms. The van der Waals surface area contributed by atoms with Gasteiger partial charge in [0.15, 0.2) is 5.13 Å². The van der Waals surface area contributed by atoms with Gasteiger partial charge in [0.05, 0.1) is 24.7 Å². The average molecular weight is 547 g/mol. The number of nitrogens with zero attached hydrogens (tertiary/aromatic N) is 2. The third-order valence-electron chi connectivity index (χ3n) is 6.90. The lowest BCUT2D eigenvalue weighted by molar-refractivity contribution is -0.139. The van der Waals surface area contributed by atoms with Gasteiger partial charge in [-0.3, -0.25) is 14.4 Å². The van der Waals surface area contributed by atoms with Gasteiger partial charge in [-0.05, 0) is 29.9 Å². The molecule has 1 saturated carbocycles. The van der Waals surface area contributed by atoms with Crippen molar-refractivity contribution in [2.45, 2.75) is 58.4 Å². The fraction of sp³-hybridized carbons (Fsp3) is 0.419. The molecule has 0 spiro atoms. The summed E-state index contributed by atoms with van der Waals surface area (Å²) in [5.74, 6) is -0.0475. The van der Waals surface area contributed by atoms with Gasteiger partial charge in [0.25, 0.3) is 0 Å². The van der Waals surface area contributed by atoms with Crippen molar-refractivity contribution >= 4 is 34.2 Å². The maximum Gasteiger partial charge on any atom is 0.245 e. The molecule has 0 saturated heterocycles. The monoisotopic (exact) mass is 546 g/mol. The van der Waals surface area contributed by atoms with E-state index in [1.54, 1.807) is 10.3 Å². The van der Waals surface area contributed by atoms with Gasteiger partial charge in [0.2, 0.25) is 17.7 Å². The topological polar surface area (TPSA) is 91.4 Å². The normalized spacial score (nSPS) is 13.8. The summed E-state index contributed by atoms with van der Waals surface area (Å²) in [5, 5.41) is 8.18. The molecular formula is C31H38N4O3S. The van der Waals surface area contributed by atoms with Crippen LogP contribution in [0.15, 0.2) is 66.0 Å². The van der Waals surface area contributed by atoms with E-state index in [0.29, 0.717) is 17.4 Å². The van der Waals surface area contributed by atoms with Gasteiger partial charge in [-0.2, -0.15) is 0 Å². The molecular weight excluding hydrogens is 508 g/mol. The smallest absolute Gasteiger partial charge is 0.245 e. The zero-order valence-electron chi connectivity index (χ0n) is 22.8. The molecule has 3 aromatic rings. The number of benzene rings is 2. The number of carbonyl (C=O) groups excluding carboxylic acids is 3. The van der Waals surface area contributed by atoms with Crippen LogP contribution in [0.1, 0.15) is 68.8 Å². The number of hydrogen-bond donors (Lipinski definition) is 2. The number of hydrogen-bond acceptors (Lipinski definition) is 5. The van der Waals surface area contributed by atoms with Crippen LogP contribution in [0, 0.1) is 11.8 Å². The molecule has 1 aliphatic rings. The lowest BCUT2D eigenvalue weighted by Crippen LogP contribution is -2.43. The van der Waals surface area contributed by atoms with Crippen LogP contribution in [0.3, 0.4) is 0 Å². The number of anilines is 1. The highest BCUT2D eigenvalue weighted by Gasteiger charge is 2.28. The van der Waals surface area contributed by atoms with Crippen molar-refractivity contribution in [2.24, 2.45) is 11.8 Å². The number of thiazole rings is 1. The molecule has 206 valence electrons. The van der Waals surface area contributed by atoms with Crippen LogP contribution < -0.4 is 10.6 Å². The molecule has 4 rings (SSSR count). The summed E-state index contributed by atoms with van der Waals surface area (Å²) in [7, 11) is 0. The summed E-state index contributed by atoms with van der Waals surface area (Å²) in [4.78, 5) is 45.2. The lowest BCUT2D eigenvalue weighted by Gasteiger charge is -2.30. The van der Waals surface area contributed by atoms with Crippen LogP contribution in [0.2, 0.25) is 0 Å². The Morgan fingerprint density at radius 2 is 1.54 bits per heavy atom. The summed E-state index contributed by atoms with van der Waals surface area (Å²) >= 11 is 1.28. The fourth-order valence-electron chi connectivity index (χ4n) is 5.09. The lowest BCUT2D eigenvalue weighted by atomic mass is 9.88. The molecule has 3 amide bonds. The quantitative estimate of drug-likeness (QED) is 0.328. The van der Waals surface area contributed by atoms with Crippen molar-refractivity contribution in [1.29, 1.82) is 0 Å². The maximum atomic E-state index is 13.1. The first-order valence-corrected chi connectivity index (χ1v) is 14.7. The molecule has 1 aliphatic carbocycles. The van der Waals surface area contributed by atoms with E-state index in [0.717, 1.165) is 36.8 Å². The van der Waals surface area contributed by atoms with E-state index in [-0.39, 0.29) is 48.6 Å². The van der Waals surface area contributed by atoms with Crippen LogP contribution >= 0.6 is 11.3 Å². The minimum absolute atomic E-state index is 0.0126. The molecule has 0 aliphatic heterocycles. The van der Waals surface area contributed by atoms with Gasteiger partial charge < -0.3 is 15.5 Å². The van der Waals surface area contributed by atoms with E-state index in [2.05, 4.69) is 29.5 Å². The van der Waals surface area contributed by atoms with Gasteiger partial charge in [-0.15, -0.1) is 11.3 Å². The highest BCUT2D eigenvalue weighted by molar-refractivity contribution is 7.13. The van der Waals surface area contributed by atoms with Crippen LogP contribution in [-0.4, -0.2) is 40.7 Å². The van der Waals surface area contributed by atoms with Crippen molar-refractivity contribution in [3.8, 4) is 0 Å². The predicted molar refractivity (Wildman–Crippen MR) is 155 cm³/mol. The zero-order valence-corrected chi connectivity index (χ0v) is 23.6. The first-order valence-electron chi connectivity index (χ1n) is 13.8. The predicted octanol–water partition coefficient (Wildman–Crippen LogP) is 5.59. The summed E-state index contributed by atoms with van der Waals surface area (Å²) in [6, 6.07) is 19.4. The average Bonchev–Trinajstić information content (AvgIpc) is 3.38. The molecule has 1 heterocycles. The molecule has 0 radical (unpaired) electrons. The number of carbonyl (C=O) groups is 3. The van der Waals surface area contributed by atoms with Gasteiger partial charge in [-0.25, -0.2) is 4.98 Å². The summed E-state index contributed by atoms with van der Waals surface area (Å²) in [6.45, 7) is 4.67. The van der Waals surface area contributed by atoms with E-state index in [1.807, 2.05) is 60.7 Å². The SMILES string of the molecule is CC(C)CN(CC(=O)Nc1nc(CC(=O)NC(c2ccccc2)c2ccccc2)cs1)C(=O)C1CCCCC1. The molecule has 2 N–H and O–H groups in total. The van der Waals surface area contributed by atoms with Crippen molar-refractivity contribution in [3.63, 3.8) is 0 Å². The van der Waals surface area contributed by atoms with Gasteiger partial charge in [0.1, 0.15) is 0 Å². The van der Waals surface area contributed by atoms with E-state index in [9.17, 15) is 14.4 Å². The Balaban J connectivity index is 1.35. The van der Waals surface area contributed by atoms with Crippen molar-refractivity contribution < 1.29 is 14.4 Å². The van der Waals surface area contributed by atoms with Gasteiger partial charge >= 0.3 is 0 Å². The number of amides is 3. The minimum Gasteiger partial charge on any atom is -0.345 e. The molecule has 7 nitrogen and oxygen atoms in total. The van der Waals surface area contributed by atoms with E-state index in [1.165, 1.54) is 17.8 Å². The Morgan fingerprint density at radius 3 is 2.13 bits per heavy atom. The highest BCUT2D eigenvalue weighted by atomic mass is 32.1. The number of rotatable bonds is 11. The Bertz CT molecular complexity index is 1180. The van der Waals surface area contributed by atoms with E-state index in [4.69, 9.17) is 0 Å². The Kier molecular flexibility index (Phi) is 10.3. The largest absolute Gasteiger partial charge is 0.345 e. The maximum absolute atomic E-state index is 13.1.